The lowest BCUT2D eigenvalue weighted by atomic mass is 9.79. The van der Waals surface area contributed by atoms with Gasteiger partial charge in [0.05, 0.1) is 43.3 Å². The first-order valence-electron chi connectivity index (χ1n) is 13.1. The van der Waals surface area contributed by atoms with Crippen LogP contribution in [0.3, 0.4) is 0 Å². The summed E-state index contributed by atoms with van der Waals surface area (Å²) in [5.74, 6) is 1.61. The van der Waals surface area contributed by atoms with Crippen molar-refractivity contribution in [1.82, 2.24) is 4.98 Å². The minimum Gasteiger partial charge on any atom is -0.378 e. The highest BCUT2D eigenvalue weighted by Crippen LogP contribution is 2.40. The van der Waals surface area contributed by atoms with Gasteiger partial charge in [0.25, 0.3) is 0 Å². The van der Waals surface area contributed by atoms with E-state index >= 15 is 0 Å². The average Bonchev–Trinajstić information content (AvgIpc) is 3.05. The largest absolute Gasteiger partial charge is 0.378 e. The first-order valence-corrected chi connectivity index (χ1v) is 13.1. The Bertz CT molecular complexity index is 1030. The van der Waals surface area contributed by atoms with Crippen molar-refractivity contribution in [3.8, 4) is 0 Å². The van der Waals surface area contributed by atoms with Crippen LogP contribution in [0, 0.1) is 11.8 Å². The lowest BCUT2D eigenvalue weighted by Gasteiger charge is -2.35. The second kappa shape index (κ2) is 10.5. The SMILES string of the molecule is CC(C)O[C@H](C)C1CCC(C(=O)N2Cc3cccnc3Nc3ccc(N4CCOCC4)cc32)CC1. The number of morpholine rings is 1. The van der Waals surface area contributed by atoms with Crippen LogP contribution in [-0.2, 0) is 20.8 Å². The van der Waals surface area contributed by atoms with Gasteiger partial charge >= 0.3 is 0 Å². The number of carbonyl (C=O) groups excluding carboxylic acids is 1. The Morgan fingerprint density at radius 2 is 1.89 bits per heavy atom. The number of carbonyl (C=O) groups is 1. The fraction of sp³-hybridized carbons (Fsp3) is 0.571. The van der Waals surface area contributed by atoms with E-state index in [0.29, 0.717) is 12.5 Å². The van der Waals surface area contributed by atoms with E-state index in [0.717, 1.165) is 80.4 Å². The Morgan fingerprint density at radius 3 is 2.63 bits per heavy atom. The van der Waals surface area contributed by atoms with Crippen LogP contribution in [0.5, 0.6) is 0 Å². The number of pyridine rings is 1. The van der Waals surface area contributed by atoms with E-state index in [2.05, 4.69) is 60.2 Å². The van der Waals surface area contributed by atoms with E-state index in [1.54, 1.807) is 6.20 Å². The number of rotatable bonds is 5. The number of aromatic nitrogens is 1. The van der Waals surface area contributed by atoms with Gasteiger partial charge in [-0.05, 0) is 76.6 Å². The van der Waals surface area contributed by atoms with E-state index in [9.17, 15) is 4.79 Å². The van der Waals surface area contributed by atoms with Crippen molar-refractivity contribution < 1.29 is 14.3 Å². The lowest BCUT2D eigenvalue weighted by molar-refractivity contribution is -0.124. The maximum absolute atomic E-state index is 14.0. The number of hydrogen-bond acceptors (Lipinski definition) is 6. The van der Waals surface area contributed by atoms with E-state index in [1.807, 2.05) is 11.0 Å². The topological polar surface area (TPSA) is 66.9 Å². The van der Waals surface area contributed by atoms with Gasteiger partial charge in [0.15, 0.2) is 0 Å². The molecule has 1 N–H and O–H groups in total. The van der Waals surface area contributed by atoms with Crippen LogP contribution in [0.1, 0.15) is 52.0 Å². The van der Waals surface area contributed by atoms with Gasteiger partial charge in [-0.3, -0.25) is 4.79 Å². The first kappa shape index (κ1) is 24.1. The second-order valence-corrected chi connectivity index (χ2v) is 10.4. The Hall–Kier alpha value is -2.64. The van der Waals surface area contributed by atoms with Crippen molar-refractivity contribution in [1.29, 1.82) is 0 Å². The Balaban J connectivity index is 1.40. The number of fused-ring (bicyclic) bond motifs is 2. The molecular weight excluding hydrogens is 440 g/mol. The van der Waals surface area contributed by atoms with E-state index in [-0.39, 0.29) is 24.0 Å². The zero-order valence-electron chi connectivity index (χ0n) is 21.2. The zero-order chi connectivity index (χ0) is 24.4. The van der Waals surface area contributed by atoms with Crippen LogP contribution in [0.2, 0.25) is 0 Å². The van der Waals surface area contributed by atoms with Crippen molar-refractivity contribution in [2.45, 2.75) is 65.2 Å². The molecule has 0 radical (unpaired) electrons. The third-order valence-electron chi connectivity index (χ3n) is 7.66. The number of nitrogens with one attached hydrogen (secondary N) is 1. The summed E-state index contributed by atoms with van der Waals surface area (Å²) >= 11 is 0. The second-order valence-electron chi connectivity index (χ2n) is 10.4. The summed E-state index contributed by atoms with van der Waals surface area (Å²) in [7, 11) is 0. The molecule has 1 atom stereocenters. The van der Waals surface area contributed by atoms with Crippen LogP contribution in [0.15, 0.2) is 36.5 Å². The van der Waals surface area contributed by atoms with E-state index in [1.165, 1.54) is 0 Å². The molecular formula is C28H38N4O3. The van der Waals surface area contributed by atoms with Gasteiger partial charge in [-0.1, -0.05) is 6.07 Å². The molecule has 3 aliphatic rings. The molecule has 1 aromatic carbocycles. The molecule has 2 aromatic rings. The highest BCUT2D eigenvalue weighted by atomic mass is 16.5. The smallest absolute Gasteiger partial charge is 0.230 e. The van der Waals surface area contributed by atoms with Crippen LogP contribution in [0.25, 0.3) is 0 Å². The zero-order valence-corrected chi connectivity index (χ0v) is 21.2. The molecule has 35 heavy (non-hydrogen) atoms. The summed E-state index contributed by atoms with van der Waals surface area (Å²) in [5, 5.41) is 3.50. The third-order valence-corrected chi connectivity index (χ3v) is 7.66. The van der Waals surface area contributed by atoms with Crippen LogP contribution in [0.4, 0.5) is 22.9 Å². The summed E-state index contributed by atoms with van der Waals surface area (Å²) in [6.45, 7) is 10.1. The molecule has 1 saturated carbocycles. The molecule has 0 bridgehead atoms. The Morgan fingerprint density at radius 1 is 1.11 bits per heavy atom. The van der Waals surface area contributed by atoms with Crippen molar-refractivity contribution in [2.75, 3.05) is 41.4 Å². The number of anilines is 4. The normalized spacial score (nSPS) is 23.2. The van der Waals surface area contributed by atoms with Crippen LogP contribution >= 0.6 is 0 Å². The molecule has 1 aliphatic carbocycles. The summed E-state index contributed by atoms with van der Waals surface area (Å²) in [4.78, 5) is 22.9. The average molecular weight is 479 g/mol. The van der Waals surface area contributed by atoms with Gasteiger partial charge in [0.1, 0.15) is 5.82 Å². The van der Waals surface area contributed by atoms with Crippen molar-refractivity contribution in [3.05, 3.63) is 42.1 Å². The molecule has 0 spiro atoms. The molecule has 7 nitrogen and oxygen atoms in total. The van der Waals surface area contributed by atoms with E-state index in [4.69, 9.17) is 9.47 Å². The number of benzene rings is 1. The number of hydrogen-bond donors (Lipinski definition) is 1. The molecule has 1 saturated heterocycles. The molecule has 3 heterocycles. The first-order chi connectivity index (χ1) is 17.0. The number of nitrogens with zero attached hydrogens (tertiary/aromatic N) is 3. The molecule has 1 aromatic heterocycles. The summed E-state index contributed by atoms with van der Waals surface area (Å²) < 4.78 is 11.6. The quantitative estimate of drug-likeness (QED) is 0.643. The minimum atomic E-state index is 0.0376. The van der Waals surface area contributed by atoms with Crippen LogP contribution < -0.4 is 15.1 Å². The van der Waals surface area contributed by atoms with Crippen LogP contribution in [-0.4, -0.2) is 49.4 Å². The van der Waals surface area contributed by atoms with Gasteiger partial charge in [0.2, 0.25) is 5.91 Å². The highest BCUT2D eigenvalue weighted by molar-refractivity contribution is 6.00. The highest BCUT2D eigenvalue weighted by Gasteiger charge is 2.34. The van der Waals surface area contributed by atoms with Gasteiger partial charge in [0, 0.05) is 36.5 Å². The molecule has 188 valence electrons. The van der Waals surface area contributed by atoms with Gasteiger partial charge < -0.3 is 24.6 Å². The third kappa shape index (κ3) is 5.31. The Labute approximate surface area is 208 Å². The fourth-order valence-electron chi connectivity index (χ4n) is 5.72. The number of ether oxygens (including phenoxy) is 2. The van der Waals surface area contributed by atoms with Crippen molar-refractivity contribution in [3.63, 3.8) is 0 Å². The molecule has 7 heteroatoms. The predicted molar refractivity (Wildman–Crippen MR) is 139 cm³/mol. The molecule has 2 aliphatic heterocycles. The van der Waals surface area contributed by atoms with Gasteiger partial charge in [-0.15, -0.1) is 0 Å². The molecule has 2 fully saturated rings. The standard InChI is InChI=1S/C28H38N4O3/c1-19(2)35-20(3)21-6-8-22(9-7-21)28(33)32-18-23-5-4-12-29-27(23)30-25-11-10-24(17-26(25)32)31-13-15-34-16-14-31/h4-5,10-12,17,19-22H,6-9,13-16,18H2,1-3H3,(H,29,30)/t20-,21?,22?/m1/s1. The van der Waals surface area contributed by atoms with Gasteiger partial charge in [-0.2, -0.15) is 0 Å². The van der Waals surface area contributed by atoms with Crippen molar-refractivity contribution >= 4 is 28.8 Å². The maximum Gasteiger partial charge on any atom is 0.230 e. The van der Waals surface area contributed by atoms with Crippen molar-refractivity contribution in [2.24, 2.45) is 11.8 Å². The molecule has 0 unspecified atom stereocenters. The lowest BCUT2D eigenvalue weighted by Crippen LogP contribution is -2.39. The molecule has 1 amide bonds. The number of amides is 1. The minimum absolute atomic E-state index is 0.0376. The monoisotopic (exact) mass is 478 g/mol. The van der Waals surface area contributed by atoms with E-state index < -0.39 is 0 Å². The summed E-state index contributed by atoms with van der Waals surface area (Å²) in [6.07, 6.45) is 6.18. The molecule has 5 rings (SSSR count). The maximum atomic E-state index is 14.0. The van der Waals surface area contributed by atoms with Gasteiger partial charge in [-0.25, -0.2) is 4.98 Å². The Kier molecular flexibility index (Phi) is 7.25. The summed E-state index contributed by atoms with van der Waals surface area (Å²) in [5.41, 5.74) is 4.04. The summed E-state index contributed by atoms with van der Waals surface area (Å²) in [6, 6.07) is 10.4. The predicted octanol–water partition coefficient (Wildman–Crippen LogP) is 5.13. The fourth-order valence-corrected chi connectivity index (χ4v) is 5.72.